The molecular weight excluding hydrogens is 333 g/mol. The summed E-state index contributed by atoms with van der Waals surface area (Å²) in [7, 11) is 0. The maximum atomic E-state index is 12.2. The third-order valence-corrected chi connectivity index (χ3v) is 4.51. The second kappa shape index (κ2) is 10.0. The van der Waals surface area contributed by atoms with E-state index in [4.69, 9.17) is 0 Å². The minimum Gasteiger partial charge on any atom is -0.370 e. The summed E-state index contributed by atoms with van der Waals surface area (Å²) < 4.78 is 0. The first-order valence-electron chi connectivity index (χ1n) is 8.20. The van der Waals surface area contributed by atoms with Crippen molar-refractivity contribution in [1.29, 1.82) is 0 Å². The van der Waals surface area contributed by atoms with Crippen molar-refractivity contribution in [2.45, 2.75) is 44.6 Å². The lowest BCUT2D eigenvalue weighted by molar-refractivity contribution is -0.116. The number of hydrogen-bond donors (Lipinski definition) is 2. The van der Waals surface area contributed by atoms with Crippen molar-refractivity contribution < 1.29 is 4.79 Å². The van der Waals surface area contributed by atoms with Gasteiger partial charge in [0.2, 0.25) is 5.91 Å². The molecule has 2 aliphatic heterocycles. The fraction of sp³-hybridized carbons (Fsp3) is 0.588. The Bertz CT molecular complexity index is 486. The second-order valence-electron chi connectivity index (χ2n) is 6.09. The van der Waals surface area contributed by atoms with Crippen LogP contribution in [0.3, 0.4) is 0 Å². The molecule has 1 atom stereocenters. The summed E-state index contributed by atoms with van der Waals surface area (Å²) in [4.78, 5) is 14.5. The van der Waals surface area contributed by atoms with E-state index in [1.807, 2.05) is 18.2 Å². The number of anilines is 2. The molecule has 0 aromatic heterocycles. The van der Waals surface area contributed by atoms with Crippen molar-refractivity contribution in [3.05, 3.63) is 24.3 Å². The number of benzene rings is 1. The number of carbonyl (C=O) groups excluding carboxylic acids is 1. The lowest BCUT2D eigenvalue weighted by Gasteiger charge is -2.21. The van der Waals surface area contributed by atoms with Gasteiger partial charge in [-0.1, -0.05) is 12.1 Å². The number of carbonyl (C=O) groups is 1. The average molecular weight is 360 g/mol. The van der Waals surface area contributed by atoms with E-state index in [0.717, 1.165) is 31.7 Å². The summed E-state index contributed by atoms with van der Waals surface area (Å²) in [5, 5.41) is 6.55. The standard InChI is InChI=1S/C17H25N3O.2ClH/c21-17(10-9-14-6-5-11-18-14)19-15-7-1-2-8-16(15)20-12-3-4-13-20;;/h1-2,7-8,14,18H,3-6,9-13H2,(H,19,21);2*1H. The minimum atomic E-state index is 0. The van der Waals surface area contributed by atoms with Gasteiger partial charge < -0.3 is 15.5 Å². The first kappa shape index (κ1) is 20.1. The summed E-state index contributed by atoms with van der Waals surface area (Å²) >= 11 is 0. The maximum Gasteiger partial charge on any atom is 0.224 e. The highest BCUT2D eigenvalue weighted by Crippen LogP contribution is 2.28. The predicted molar refractivity (Wildman–Crippen MR) is 101 cm³/mol. The molecule has 130 valence electrons. The average Bonchev–Trinajstić information content (AvgIpc) is 3.19. The molecule has 1 amide bonds. The molecule has 0 aliphatic carbocycles. The molecule has 2 N–H and O–H groups in total. The fourth-order valence-electron chi connectivity index (χ4n) is 3.33. The van der Waals surface area contributed by atoms with Gasteiger partial charge in [0, 0.05) is 25.6 Å². The van der Waals surface area contributed by atoms with Crippen LogP contribution in [0.15, 0.2) is 24.3 Å². The summed E-state index contributed by atoms with van der Waals surface area (Å²) in [6.07, 6.45) is 6.48. The molecule has 0 bridgehead atoms. The molecule has 1 aromatic rings. The molecule has 4 nitrogen and oxygen atoms in total. The normalized spacial score (nSPS) is 19.8. The number of nitrogens with zero attached hydrogens (tertiary/aromatic N) is 1. The van der Waals surface area contributed by atoms with E-state index >= 15 is 0 Å². The molecule has 3 rings (SSSR count). The van der Waals surface area contributed by atoms with Crippen LogP contribution in [-0.2, 0) is 4.79 Å². The molecule has 2 heterocycles. The van der Waals surface area contributed by atoms with E-state index in [2.05, 4.69) is 21.6 Å². The number of amides is 1. The van der Waals surface area contributed by atoms with Crippen LogP contribution in [0.5, 0.6) is 0 Å². The van der Waals surface area contributed by atoms with Crippen LogP contribution >= 0.6 is 24.8 Å². The molecule has 0 spiro atoms. The van der Waals surface area contributed by atoms with Crippen molar-refractivity contribution in [2.75, 3.05) is 29.9 Å². The molecule has 23 heavy (non-hydrogen) atoms. The molecule has 0 saturated carbocycles. The van der Waals surface area contributed by atoms with Crippen LogP contribution in [-0.4, -0.2) is 31.6 Å². The van der Waals surface area contributed by atoms with E-state index in [1.54, 1.807) is 0 Å². The van der Waals surface area contributed by atoms with E-state index in [1.165, 1.54) is 31.4 Å². The van der Waals surface area contributed by atoms with Crippen LogP contribution in [0.2, 0.25) is 0 Å². The quantitative estimate of drug-likeness (QED) is 0.843. The largest absolute Gasteiger partial charge is 0.370 e. The Morgan fingerprint density at radius 3 is 2.61 bits per heavy atom. The van der Waals surface area contributed by atoms with Gasteiger partial charge in [-0.3, -0.25) is 4.79 Å². The van der Waals surface area contributed by atoms with Gasteiger partial charge in [-0.2, -0.15) is 0 Å². The third-order valence-electron chi connectivity index (χ3n) is 4.51. The first-order valence-corrected chi connectivity index (χ1v) is 8.20. The van der Waals surface area contributed by atoms with Gasteiger partial charge in [0.15, 0.2) is 0 Å². The molecule has 2 aliphatic rings. The highest BCUT2D eigenvalue weighted by Gasteiger charge is 2.18. The summed E-state index contributed by atoms with van der Waals surface area (Å²) in [6.45, 7) is 3.29. The molecule has 1 unspecified atom stereocenters. The molecule has 0 radical (unpaired) electrons. The molecular formula is C17H27Cl2N3O. The Labute approximate surface area is 151 Å². The smallest absolute Gasteiger partial charge is 0.224 e. The number of halogens is 2. The zero-order chi connectivity index (χ0) is 14.5. The Balaban J connectivity index is 0.00000132. The SMILES string of the molecule is Cl.Cl.O=C(CCC1CCCN1)Nc1ccccc1N1CCCC1. The summed E-state index contributed by atoms with van der Waals surface area (Å²) in [6, 6.07) is 8.70. The van der Waals surface area contributed by atoms with Gasteiger partial charge >= 0.3 is 0 Å². The second-order valence-corrected chi connectivity index (χ2v) is 6.09. The number of para-hydroxylation sites is 2. The Kier molecular flexibility index (Phi) is 8.74. The summed E-state index contributed by atoms with van der Waals surface area (Å²) in [5.74, 6) is 0.135. The Morgan fingerprint density at radius 2 is 1.91 bits per heavy atom. The number of rotatable bonds is 5. The molecule has 2 fully saturated rings. The topological polar surface area (TPSA) is 44.4 Å². The van der Waals surface area contributed by atoms with Gasteiger partial charge in [0.1, 0.15) is 0 Å². The van der Waals surface area contributed by atoms with Crippen LogP contribution in [0.25, 0.3) is 0 Å². The van der Waals surface area contributed by atoms with Crippen molar-refractivity contribution in [2.24, 2.45) is 0 Å². The zero-order valence-electron chi connectivity index (χ0n) is 13.4. The van der Waals surface area contributed by atoms with Crippen molar-refractivity contribution in [3.63, 3.8) is 0 Å². The van der Waals surface area contributed by atoms with Crippen LogP contribution in [0.4, 0.5) is 11.4 Å². The van der Waals surface area contributed by atoms with Crippen molar-refractivity contribution in [1.82, 2.24) is 5.32 Å². The van der Waals surface area contributed by atoms with Gasteiger partial charge in [-0.15, -0.1) is 24.8 Å². The minimum absolute atomic E-state index is 0. The Hall–Kier alpha value is -0.970. The third kappa shape index (κ3) is 5.55. The zero-order valence-corrected chi connectivity index (χ0v) is 15.1. The van der Waals surface area contributed by atoms with Gasteiger partial charge in [-0.25, -0.2) is 0 Å². The van der Waals surface area contributed by atoms with E-state index in [9.17, 15) is 4.79 Å². The van der Waals surface area contributed by atoms with Crippen LogP contribution < -0.4 is 15.5 Å². The molecule has 2 saturated heterocycles. The lowest BCUT2D eigenvalue weighted by Crippen LogP contribution is -2.24. The van der Waals surface area contributed by atoms with Crippen LogP contribution in [0.1, 0.15) is 38.5 Å². The Morgan fingerprint density at radius 1 is 1.17 bits per heavy atom. The summed E-state index contributed by atoms with van der Waals surface area (Å²) in [5.41, 5.74) is 2.13. The fourth-order valence-corrected chi connectivity index (χ4v) is 3.33. The van der Waals surface area contributed by atoms with E-state index < -0.39 is 0 Å². The molecule has 1 aromatic carbocycles. The van der Waals surface area contributed by atoms with Crippen LogP contribution in [0, 0.1) is 0 Å². The number of hydrogen-bond acceptors (Lipinski definition) is 3. The highest BCUT2D eigenvalue weighted by molar-refractivity contribution is 5.94. The van der Waals surface area contributed by atoms with E-state index in [-0.39, 0.29) is 30.7 Å². The first-order chi connectivity index (χ1) is 10.3. The number of nitrogens with one attached hydrogen (secondary N) is 2. The monoisotopic (exact) mass is 359 g/mol. The van der Waals surface area contributed by atoms with E-state index in [0.29, 0.717) is 12.5 Å². The van der Waals surface area contributed by atoms with Gasteiger partial charge in [0.05, 0.1) is 11.4 Å². The highest BCUT2D eigenvalue weighted by atomic mass is 35.5. The van der Waals surface area contributed by atoms with Crippen molar-refractivity contribution in [3.8, 4) is 0 Å². The van der Waals surface area contributed by atoms with Gasteiger partial charge in [-0.05, 0) is 50.8 Å². The molecule has 6 heteroatoms. The predicted octanol–water partition coefficient (Wildman–Crippen LogP) is 3.60. The van der Waals surface area contributed by atoms with Gasteiger partial charge in [0.25, 0.3) is 0 Å². The lowest BCUT2D eigenvalue weighted by atomic mass is 10.1. The van der Waals surface area contributed by atoms with Crippen molar-refractivity contribution >= 4 is 42.1 Å². The maximum absolute atomic E-state index is 12.2.